The van der Waals surface area contributed by atoms with E-state index in [2.05, 4.69) is 4.98 Å². The average molecular weight is 243 g/mol. The van der Waals surface area contributed by atoms with Crippen molar-refractivity contribution in [3.05, 3.63) is 40.9 Å². The minimum atomic E-state index is -1.35. The lowest BCUT2D eigenvalue weighted by atomic mass is 10.2. The zero-order chi connectivity index (χ0) is 12.7. The molecule has 0 atom stereocenters. The molecule has 2 aromatic heterocycles. The molecule has 3 rings (SSSR count). The van der Waals surface area contributed by atoms with Crippen molar-refractivity contribution >= 4 is 28.0 Å². The summed E-state index contributed by atoms with van der Waals surface area (Å²) in [5.41, 5.74) is 0.508. The molecule has 18 heavy (non-hydrogen) atoms. The van der Waals surface area contributed by atoms with Crippen molar-refractivity contribution in [2.75, 3.05) is 0 Å². The van der Waals surface area contributed by atoms with E-state index < -0.39 is 18.1 Å². The molecule has 0 radical (unpaired) electrons. The van der Waals surface area contributed by atoms with Gasteiger partial charge >= 0.3 is 0 Å². The Morgan fingerprint density at radius 3 is 2.94 bits per heavy atom. The maximum atomic E-state index is 12.0. The summed E-state index contributed by atoms with van der Waals surface area (Å²) in [6.07, 6.45) is 1.18. The zero-order valence-electron chi connectivity index (χ0n) is 9.12. The summed E-state index contributed by atoms with van der Waals surface area (Å²) >= 11 is 0. The molecular weight excluding hydrogens is 236 g/mol. The second-order valence-electron chi connectivity index (χ2n) is 3.83. The summed E-state index contributed by atoms with van der Waals surface area (Å²) in [4.78, 5) is 26.5. The van der Waals surface area contributed by atoms with Gasteiger partial charge in [-0.2, -0.15) is 0 Å². The number of furan rings is 1. The van der Waals surface area contributed by atoms with Crippen LogP contribution in [-0.4, -0.2) is 15.5 Å². The Morgan fingerprint density at radius 2 is 2.17 bits per heavy atom. The smallest absolute Gasteiger partial charge is 0.297 e. The van der Waals surface area contributed by atoms with Gasteiger partial charge < -0.3 is 14.3 Å². The van der Waals surface area contributed by atoms with E-state index in [1.54, 1.807) is 18.2 Å². The first kappa shape index (κ1) is 10.5. The summed E-state index contributed by atoms with van der Waals surface area (Å²) < 4.78 is 6.34. The van der Waals surface area contributed by atoms with Gasteiger partial charge in [-0.3, -0.25) is 9.36 Å². The SMILES string of the molecule is O=C([O-])Cn1cnc2c(oc3ccccc32)c1=O. The number of para-hydroxylation sites is 1. The third-order valence-corrected chi connectivity index (χ3v) is 2.65. The number of aliphatic carboxylic acids is 1. The number of hydrogen-bond acceptors (Lipinski definition) is 5. The van der Waals surface area contributed by atoms with E-state index in [1.165, 1.54) is 6.33 Å². The first-order valence-electron chi connectivity index (χ1n) is 5.23. The van der Waals surface area contributed by atoms with E-state index >= 15 is 0 Å². The maximum absolute atomic E-state index is 12.0. The highest BCUT2D eigenvalue weighted by Gasteiger charge is 2.12. The molecular formula is C12H7N2O4-. The molecule has 0 spiro atoms. The van der Waals surface area contributed by atoms with Crippen LogP contribution in [0.4, 0.5) is 0 Å². The minimum absolute atomic E-state index is 0.0555. The highest BCUT2D eigenvalue weighted by molar-refractivity contribution is 6.01. The third kappa shape index (κ3) is 1.46. The van der Waals surface area contributed by atoms with Crippen molar-refractivity contribution in [1.82, 2.24) is 9.55 Å². The minimum Gasteiger partial charge on any atom is -0.548 e. The van der Waals surface area contributed by atoms with Crippen LogP contribution in [0.25, 0.3) is 22.1 Å². The van der Waals surface area contributed by atoms with Gasteiger partial charge in [-0.25, -0.2) is 4.98 Å². The largest absolute Gasteiger partial charge is 0.548 e. The number of aromatic nitrogens is 2. The topological polar surface area (TPSA) is 88.2 Å². The normalized spacial score (nSPS) is 11.1. The summed E-state index contributed by atoms with van der Waals surface area (Å²) in [5.74, 6) is -1.35. The van der Waals surface area contributed by atoms with Gasteiger partial charge in [0.25, 0.3) is 5.56 Å². The predicted octanol–water partition coefficient (Wildman–Crippen LogP) is -0.107. The Labute approximate surface area is 100 Å². The first-order chi connectivity index (χ1) is 8.66. The Hall–Kier alpha value is -2.63. The fourth-order valence-corrected chi connectivity index (χ4v) is 1.87. The Bertz CT molecular complexity index is 816. The molecule has 0 aliphatic rings. The average Bonchev–Trinajstić information content (AvgIpc) is 2.72. The van der Waals surface area contributed by atoms with E-state index in [0.29, 0.717) is 11.1 Å². The van der Waals surface area contributed by atoms with Crippen molar-refractivity contribution in [2.24, 2.45) is 0 Å². The van der Waals surface area contributed by atoms with Crippen molar-refractivity contribution in [3.63, 3.8) is 0 Å². The zero-order valence-corrected chi connectivity index (χ0v) is 9.12. The number of fused-ring (bicyclic) bond motifs is 3. The van der Waals surface area contributed by atoms with Gasteiger partial charge in [0.1, 0.15) is 11.1 Å². The number of benzene rings is 1. The van der Waals surface area contributed by atoms with Gasteiger partial charge in [0.05, 0.1) is 18.8 Å². The van der Waals surface area contributed by atoms with E-state index in [0.717, 1.165) is 9.95 Å². The maximum Gasteiger partial charge on any atom is 0.297 e. The van der Waals surface area contributed by atoms with Crippen molar-refractivity contribution in [2.45, 2.75) is 6.54 Å². The lowest BCUT2D eigenvalue weighted by Crippen LogP contribution is -2.32. The molecule has 0 unspecified atom stereocenters. The summed E-state index contributed by atoms with van der Waals surface area (Å²) in [7, 11) is 0. The summed E-state index contributed by atoms with van der Waals surface area (Å²) in [5, 5.41) is 11.2. The van der Waals surface area contributed by atoms with Crippen molar-refractivity contribution < 1.29 is 14.3 Å². The molecule has 0 N–H and O–H groups in total. The fraction of sp³-hybridized carbons (Fsp3) is 0.0833. The van der Waals surface area contributed by atoms with Gasteiger partial charge in [0.2, 0.25) is 5.58 Å². The molecule has 0 fully saturated rings. The van der Waals surface area contributed by atoms with Crippen LogP contribution >= 0.6 is 0 Å². The van der Waals surface area contributed by atoms with Gasteiger partial charge in [-0.15, -0.1) is 0 Å². The number of carboxylic acids is 1. The van der Waals surface area contributed by atoms with Crippen LogP contribution in [0.2, 0.25) is 0 Å². The van der Waals surface area contributed by atoms with Gasteiger partial charge in [0, 0.05) is 5.39 Å². The fourth-order valence-electron chi connectivity index (χ4n) is 1.87. The molecule has 0 aliphatic carbocycles. The monoisotopic (exact) mass is 243 g/mol. The predicted molar refractivity (Wildman–Crippen MR) is 60.8 cm³/mol. The molecule has 6 nitrogen and oxygen atoms in total. The number of carbonyl (C=O) groups excluding carboxylic acids is 1. The third-order valence-electron chi connectivity index (χ3n) is 2.65. The van der Waals surface area contributed by atoms with Crippen molar-refractivity contribution in [1.29, 1.82) is 0 Å². The van der Waals surface area contributed by atoms with Crippen LogP contribution < -0.4 is 10.7 Å². The van der Waals surface area contributed by atoms with Crippen molar-refractivity contribution in [3.8, 4) is 0 Å². The standard InChI is InChI=1S/C12H8N2O4/c15-9(16)5-14-6-13-10-7-3-1-2-4-8(7)18-11(10)12(14)17/h1-4,6H,5H2,(H,15,16)/p-1. The lowest BCUT2D eigenvalue weighted by molar-refractivity contribution is -0.306. The Balaban J connectivity index is 2.35. The summed E-state index contributed by atoms with van der Waals surface area (Å²) in [6.45, 7) is -0.543. The summed E-state index contributed by atoms with van der Waals surface area (Å²) in [6, 6.07) is 7.10. The molecule has 6 heteroatoms. The van der Waals surface area contributed by atoms with Crippen LogP contribution in [0, 0.1) is 0 Å². The molecule has 2 heterocycles. The number of carboxylic acid groups (broad SMARTS) is 1. The highest BCUT2D eigenvalue weighted by Crippen LogP contribution is 2.23. The van der Waals surface area contributed by atoms with Crippen LogP contribution in [0.5, 0.6) is 0 Å². The molecule has 1 aromatic carbocycles. The van der Waals surface area contributed by atoms with Gasteiger partial charge in [-0.1, -0.05) is 12.1 Å². The van der Waals surface area contributed by atoms with Crippen LogP contribution in [0.15, 0.2) is 39.8 Å². The molecule has 0 saturated carbocycles. The second kappa shape index (κ2) is 3.69. The highest BCUT2D eigenvalue weighted by atomic mass is 16.4. The quantitative estimate of drug-likeness (QED) is 0.626. The number of nitrogens with zero attached hydrogens (tertiary/aromatic N) is 2. The van der Waals surface area contributed by atoms with Crippen LogP contribution in [-0.2, 0) is 11.3 Å². The van der Waals surface area contributed by atoms with E-state index in [-0.39, 0.29) is 5.58 Å². The molecule has 3 aromatic rings. The van der Waals surface area contributed by atoms with E-state index in [4.69, 9.17) is 4.42 Å². The second-order valence-corrected chi connectivity index (χ2v) is 3.83. The lowest BCUT2D eigenvalue weighted by Gasteiger charge is -2.04. The molecule has 0 aliphatic heterocycles. The molecule has 0 saturated heterocycles. The molecule has 0 bridgehead atoms. The Kier molecular flexibility index (Phi) is 2.16. The number of rotatable bonds is 2. The van der Waals surface area contributed by atoms with Crippen LogP contribution in [0.3, 0.4) is 0 Å². The Morgan fingerprint density at radius 1 is 1.39 bits per heavy atom. The molecule has 90 valence electrons. The van der Waals surface area contributed by atoms with Gasteiger partial charge in [-0.05, 0) is 12.1 Å². The van der Waals surface area contributed by atoms with Gasteiger partial charge in [0.15, 0.2) is 0 Å². The number of hydrogen-bond donors (Lipinski definition) is 0. The van der Waals surface area contributed by atoms with Crippen LogP contribution in [0.1, 0.15) is 0 Å². The molecule has 0 amide bonds. The first-order valence-corrected chi connectivity index (χ1v) is 5.23. The van der Waals surface area contributed by atoms with E-state index in [1.807, 2.05) is 6.07 Å². The number of carbonyl (C=O) groups is 1. The van der Waals surface area contributed by atoms with E-state index in [9.17, 15) is 14.7 Å².